The molecule has 0 spiro atoms. The SMILES string of the molecule is NNc1nccc(OCCC(F)(F)F)n1. The molecular formula is C7H9F3N4O. The number of aromatic nitrogens is 2. The molecule has 1 aromatic heterocycles. The highest BCUT2D eigenvalue weighted by Gasteiger charge is 2.26. The summed E-state index contributed by atoms with van der Waals surface area (Å²) >= 11 is 0. The zero-order valence-electron chi connectivity index (χ0n) is 7.58. The van der Waals surface area contributed by atoms with Gasteiger partial charge in [0.15, 0.2) is 0 Å². The first-order chi connectivity index (χ1) is 7.01. The lowest BCUT2D eigenvalue weighted by atomic mass is 10.4. The van der Waals surface area contributed by atoms with Crippen LogP contribution in [0, 0.1) is 0 Å². The van der Waals surface area contributed by atoms with Crippen LogP contribution >= 0.6 is 0 Å². The molecule has 1 rings (SSSR count). The average molecular weight is 222 g/mol. The molecule has 0 aliphatic heterocycles. The van der Waals surface area contributed by atoms with Gasteiger partial charge in [-0.2, -0.15) is 18.2 Å². The molecule has 84 valence electrons. The maximum absolute atomic E-state index is 11.8. The van der Waals surface area contributed by atoms with Crippen molar-refractivity contribution in [1.29, 1.82) is 0 Å². The highest BCUT2D eigenvalue weighted by Crippen LogP contribution is 2.19. The molecule has 0 aromatic carbocycles. The molecule has 0 fully saturated rings. The number of nitrogens with one attached hydrogen (secondary N) is 1. The molecule has 0 amide bonds. The summed E-state index contributed by atoms with van der Waals surface area (Å²) in [5.41, 5.74) is 2.15. The van der Waals surface area contributed by atoms with E-state index in [0.29, 0.717) is 0 Å². The third-order valence-electron chi connectivity index (χ3n) is 1.39. The topological polar surface area (TPSA) is 73.1 Å². The van der Waals surface area contributed by atoms with Crippen molar-refractivity contribution in [2.24, 2.45) is 5.84 Å². The van der Waals surface area contributed by atoms with Crippen molar-refractivity contribution < 1.29 is 17.9 Å². The maximum Gasteiger partial charge on any atom is 0.392 e. The Kier molecular flexibility index (Phi) is 3.67. The van der Waals surface area contributed by atoms with Gasteiger partial charge in [-0.25, -0.2) is 10.8 Å². The molecule has 0 radical (unpaired) electrons. The van der Waals surface area contributed by atoms with Crippen LogP contribution in [0.3, 0.4) is 0 Å². The Bertz CT molecular complexity index is 317. The van der Waals surface area contributed by atoms with E-state index in [1.807, 2.05) is 0 Å². The number of ether oxygens (including phenoxy) is 1. The lowest BCUT2D eigenvalue weighted by molar-refractivity contribution is -0.139. The van der Waals surface area contributed by atoms with Crippen LogP contribution < -0.4 is 16.0 Å². The first kappa shape index (κ1) is 11.5. The summed E-state index contributed by atoms with van der Waals surface area (Å²) in [6, 6.07) is 1.34. The predicted molar refractivity (Wildman–Crippen MR) is 46.0 cm³/mol. The summed E-state index contributed by atoms with van der Waals surface area (Å²) in [5.74, 6) is 5.13. The van der Waals surface area contributed by atoms with E-state index < -0.39 is 19.2 Å². The molecule has 8 heteroatoms. The minimum Gasteiger partial charge on any atom is -0.477 e. The Hall–Kier alpha value is -1.57. The van der Waals surface area contributed by atoms with E-state index >= 15 is 0 Å². The number of hydrazine groups is 1. The summed E-state index contributed by atoms with van der Waals surface area (Å²) < 4.78 is 40.0. The van der Waals surface area contributed by atoms with E-state index in [1.54, 1.807) is 0 Å². The summed E-state index contributed by atoms with van der Waals surface area (Å²) in [7, 11) is 0. The second-order valence-corrected chi connectivity index (χ2v) is 2.58. The van der Waals surface area contributed by atoms with Crippen LogP contribution in [0.4, 0.5) is 19.1 Å². The second-order valence-electron chi connectivity index (χ2n) is 2.58. The average Bonchev–Trinajstić information content (AvgIpc) is 2.16. The highest BCUT2D eigenvalue weighted by molar-refractivity contribution is 5.25. The van der Waals surface area contributed by atoms with Gasteiger partial charge < -0.3 is 4.74 Å². The van der Waals surface area contributed by atoms with Crippen molar-refractivity contribution in [3.05, 3.63) is 12.3 Å². The number of hydrogen-bond acceptors (Lipinski definition) is 5. The fourth-order valence-electron chi connectivity index (χ4n) is 0.763. The standard InChI is InChI=1S/C7H9F3N4O/c8-7(9,10)2-4-15-5-1-3-12-6(13-5)14-11/h1,3H,2,4,11H2,(H,12,13,14). The normalized spacial score (nSPS) is 11.2. The van der Waals surface area contributed by atoms with Crippen molar-refractivity contribution in [3.63, 3.8) is 0 Å². The van der Waals surface area contributed by atoms with Gasteiger partial charge in [0, 0.05) is 12.3 Å². The van der Waals surface area contributed by atoms with Crippen molar-refractivity contribution >= 4 is 5.95 Å². The van der Waals surface area contributed by atoms with E-state index in [1.165, 1.54) is 12.3 Å². The third-order valence-corrected chi connectivity index (χ3v) is 1.39. The van der Waals surface area contributed by atoms with Crippen LogP contribution in [-0.4, -0.2) is 22.8 Å². The number of hydrogen-bond donors (Lipinski definition) is 2. The summed E-state index contributed by atoms with van der Waals surface area (Å²) in [4.78, 5) is 7.34. The monoisotopic (exact) mass is 222 g/mol. The fraction of sp³-hybridized carbons (Fsp3) is 0.429. The van der Waals surface area contributed by atoms with Gasteiger partial charge >= 0.3 is 6.18 Å². The number of nitrogen functional groups attached to an aromatic ring is 1. The van der Waals surface area contributed by atoms with Crippen LogP contribution in [0.25, 0.3) is 0 Å². The largest absolute Gasteiger partial charge is 0.477 e. The Morgan fingerprint density at radius 1 is 1.47 bits per heavy atom. The van der Waals surface area contributed by atoms with Crippen LogP contribution in [0.1, 0.15) is 6.42 Å². The number of alkyl halides is 3. The van der Waals surface area contributed by atoms with Gasteiger partial charge in [-0.15, -0.1) is 0 Å². The molecule has 0 saturated carbocycles. The van der Waals surface area contributed by atoms with E-state index in [9.17, 15) is 13.2 Å². The van der Waals surface area contributed by atoms with Crippen LogP contribution in [-0.2, 0) is 0 Å². The maximum atomic E-state index is 11.8. The van der Waals surface area contributed by atoms with E-state index in [0.717, 1.165) is 0 Å². The Labute approximate surface area is 83.4 Å². The van der Waals surface area contributed by atoms with Crippen molar-refractivity contribution in [2.75, 3.05) is 12.0 Å². The highest BCUT2D eigenvalue weighted by atomic mass is 19.4. The fourth-order valence-corrected chi connectivity index (χ4v) is 0.763. The molecule has 15 heavy (non-hydrogen) atoms. The van der Waals surface area contributed by atoms with Gasteiger partial charge in [0.2, 0.25) is 11.8 Å². The molecule has 0 aliphatic rings. The van der Waals surface area contributed by atoms with Crippen molar-refractivity contribution in [1.82, 2.24) is 9.97 Å². The summed E-state index contributed by atoms with van der Waals surface area (Å²) in [6.45, 7) is -0.482. The number of halogens is 3. The zero-order chi connectivity index (χ0) is 11.3. The second kappa shape index (κ2) is 4.78. The molecule has 1 aromatic rings. The lowest BCUT2D eigenvalue weighted by Gasteiger charge is -2.08. The lowest BCUT2D eigenvalue weighted by Crippen LogP contribution is -2.14. The quantitative estimate of drug-likeness (QED) is 0.589. The van der Waals surface area contributed by atoms with Gasteiger partial charge in [0.25, 0.3) is 0 Å². The zero-order valence-corrected chi connectivity index (χ0v) is 7.58. The minimum atomic E-state index is -4.23. The van der Waals surface area contributed by atoms with E-state index in [2.05, 4.69) is 15.4 Å². The van der Waals surface area contributed by atoms with Gasteiger partial charge in [-0.05, 0) is 0 Å². The molecule has 0 saturated heterocycles. The van der Waals surface area contributed by atoms with Gasteiger partial charge in [0.1, 0.15) is 0 Å². The predicted octanol–water partition coefficient (Wildman–Crippen LogP) is 1.09. The van der Waals surface area contributed by atoms with Crippen LogP contribution in [0.15, 0.2) is 12.3 Å². The molecule has 0 atom stereocenters. The molecule has 1 heterocycles. The summed E-state index contributed by atoms with van der Waals surface area (Å²) in [5, 5.41) is 0. The number of anilines is 1. The van der Waals surface area contributed by atoms with E-state index in [-0.39, 0.29) is 11.8 Å². The minimum absolute atomic E-state index is 0.0437. The first-order valence-corrected chi connectivity index (χ1v) is 4.00. The van der Waals surface area contributed by atoms with Gasteiger partial charge in [-0.1, -0.05) is 0 Å². The van der Waals surface area contributed by atoms with Crippen LogP contribution in [0.5, 0.6) is 5.88 Å². The molecule has 0 aliphatic carbocycles. The van der Waals surface area contributed by atoms with E-state index in [4.69, 9.17) is 10.6 Å². The number of rotatable bonds is 4. The molecule has 5 nitrogen and oxygen atoms in total. The van der Waals surface area contributed by atoms with Crippen molar-refractivity contribution in [3.8, 4) is 5.88 Å². The molecular weight excluding hydrogens is 213 g/mol. The summed E-state index contributed by atoms with van der Waals surface area (Å²) in [6.07, 6.45) is -3.94. The number of nitrogens with zero attached hydrogens (tertiary/aromatic N) is 2. The van der Waals surface area contributed by atoms with Crippen molar-refractivity contribution in [2.45, 2.75) is 12.6 Å². The van der Waals surface area contributed by atoms with Crippen LogP contribution in [0.2, 0.25) is 0 Å². The Balaban J connectivity index is 2.44. The molecule has 0 unspecified atom stereocenters. The number of nitrogens with two attached hydrogens (primary N) is 1. The van der Waals surface area contributed by atoms with Gasteiger partial charge in [-0.3, -0.25) is 5.43 Å². The Morgan fingerprint density at radius 2 is 2.20 bits per heavy atom. The molecule has 0 bridgehead atoms. The van der Waals surface area contributed by atoms with Gasteiger partial charge in [0.05, 0.1) is 13.0 Å². The first-order valence-electron chi connectivity index (χ1n) is 4.00. The third kappa shape index (κ3) is 4.45. The smallest absolute Gasteiger partial charge is 0.392 e. The molecule has 3 N–H and O–H groups in total. The Morgan fingerprint density at radius 3 is 2.80 bits per heavy atom.